The van der Waals surface area contributed by atoms with Crippen molar-refractivity contribution >= 4 is 5.91 Å². The van der Waals surface area contributed by atoms with Gasteiger partial charge < -0.3 is 24.7 Å². The maximum atomic E-state index is 11.8. The Morgan fingerprint density at radius 2 is 1.57 bits per heavy atom. The van der Waals surface area contributed by atoms with Crippen molar-refractivity contribution < 1.29 is 23.7 Å². The van der Waals surface area contributed by atoms with Crippen LogP contribution < -0.4 is 24.7 Å². The van der Waals surface area contributed by atoms with Crippen LogP contribution in [-0.4, -0.2) is 32.3 Å². The van der Waals surface area contributed by atoms with Gasteiger partial charge in [-0.1, -0.05) is 25.3 Å². The molecule has 23 heavy (non-hydrogen) atoms. The third-order valence-electron chi connectivity index (χ3n) is 2.70. The summed E-state index contributed by atoms with van der Waals surface area (Å²) in [4.78, 5) is 11.8. The molecule has 1 aromatic carbocycles. The highest BCUT2D eigenvalue weighted by Crippen LogP contribution is 2.47. The molecule has 0 spiro atoms. The van der Waals surface area contributed by atoms with Crippen molar-refractivity contribution in [2.75, 3.05) is 26.4 Å². The molecule has 6 heteroatoms. The molecule has 0 atom stereocenters. The summed E-state index contributed by atoms with van der Waals surface area (Å²) in [6, 6.07) is 1.48. The van der Waals surface area contributed by atoms with E-state index < -0.39 is 5.91 Å². The van der Waals surface area contributed by atoms with E-state index in [1.165, 1.54) is 6.07 Å². The van der Waals surface area contributed by atoms with E-state index in [4.69, 9.17) is 24.7 Å². The lowest BCUT2D eigenvalue weighted by Gasteiger charge is -2.20. The molecular formula is C17H23NO5. The third-order valence-corrected chi connectivity index (χ3v) is 2.70. The largest absolute Gasteiger partial charge is 0.489 e. The highest BCUT2D eigenvalue weighted by atomic mass is 16.6. The molecule has 6 nitrogen and oxygen atoms in total. The van der Waals surface area contributed by atoms with Crippen LogP contribution in [0, 0.1) is 0 Å². The van der Waals surface area contributed by atoms with Gasteiger partial charge in [0.25, 0.3) is 5.91 Å². The summed E-state index contributed by atoms with van der Waals surface area (Å²) in [5.74, 6) is 0.543. The number of hydrogen-bond donors (Lipinski definition) is 1. The average Bonchev–Trinajstić information content (AvgIpc) is 2.53. The second-order valence-electron chi connectivity index (χ2n) is 4.34. The number of rotatable bonds is 11. The fraction of sp³-hybridized carbons (Fsp3) is 0.353. The van der Waals surface area contributed by atoms with E-state index in [9.17, 15) is 4.79 Å². The maximum absolute atomic E-state index is 11.8. The van der Waals surface area contributed by atoms with E-state index in [1.54, 1.807) is 19.1 Å². The fourth-order valence-electron chi connectivity index (χ4n) is 1.88. The highest BCUT2D eigenvalue weighted by molar-refractivity contribution is 5.98. The van der Waals surface area contributed by atoms with Gasteiger partial charge >= 0.3 is 0 Å². The van der Waals surface area contributed by atoms with Gasteiger partial charge in [0.05, 0.1) is 18.8 Å². The number of benzene rings is 1. The lowest BCUT2D eigenvalue weighted by atomic mass is 10.1. The van der Waals surface area contributed by atoms with Crippen molar-refractivity contribution in [3.05, 3.63) is 36.9 Å². The van der Waals surface area contributed by atoms with Crippen molar-refractivity contribution in [1.29, 1.82) is 0 Å². The van der Waals surface area contributed by atoms with Gasteiger partial charge in [0.1, 0.15) is 13.2 Å². The minimum Gasteiger partial charge on any atom is -0.489 e. The molecule has 0 aliphatic heterocycles. The van der Waals surface area contributed by atoms with Crippen LogP contribution in [0.2, 0.25) is 0 Å². The first-order chi connectivity index (χ1) is 11.1. The highest BCUT2D eigenvalue weighted by Gasteiger charge is 2.25. The molecule has 0 saturated carbocycles. The lowest BCUT2D eigenvalue weighted by Crippen LogP contribution is -2.15. The van der Waals surface area contributed by atoms with Gasteiger partial charge in [0.2, 0.25) is 11.5 Å². The molecule has 1 aromatic rings. The van der Waals surface area contributed by atoms with E-state index in [0.29, 0.717) is 24.7 Å². The van der Waals surface area contributed by atoms with Gasteiger partial charge in [-0.25, -0.2) is 0 Å². The third kappa shape index (κ3) is 4.67. The summed E-state index contributed by atoms with van der Waals surface area (Å²) in [6.07, 6.45) is 3.17. The van der Waals surface area contributed by atoms with Crippen LogP contribution >= 0.6 is 0 Å². The van der Waals surface area contributed by atoms with Crippen molar-refractivity contribution in [1.82, 2.24) is 0 Å². The standard InChI is InChI=1S/C17H23NO5/c1-5-9-22-13-11-12(17(18)19)14(20-7-3)16(21-8-4)15(13)23-10-6-2/h5-6,11H,1-2,7-10H2,3-4H3,(H2,18,19). The zero-order valence-electron chi connectivity index (χ0n) is 13.6. The Hall–Kier alpha value is -2.63. The van der Waals surface area contributed by atoms with Crippen LogP contribution in [0.4, 0.5) is 0 Å². The van der Waals surface area contributed by atoms with Crippen LogP contribution in [0.1, 0.15) is 24.2 Å². The predicted molar refractivity (Wildman–Crippen MR) is 88.7 cm³/mol. The predicted octanol–water partition coefficient (Wildman–Crippen LogP) is 2.71. The molecule has 0 aliphatic rings. The topological polar surface area (TPSA) is 80.0 Å². The molecule has 0 aliphatic carbocycles. The summed E-state index contributed by atoms with van der Waals surface area (Å²) < 4.78 is 22.4. The summed E-state index contributed by atoms with van der Waals surface area (Å²) >= 11 is 0. The molecule has 0 bridgehead atoms. The van der Waals surface area contributed by atoms with E-state index in [2.05, 4.69) is 13.2 Å². The van der Waals surface area contributed by atoms with Crippen LogP contribution in [-0.2, 0) is 0 Å². The smallest absolute Gasteiger partial charge is 0.252 e. The minimum absolute atomic E-state index is 0.167. The Balaban J connectivity index is 3.55. The first-order valence-corrected chi connectivity index (χ1v) is 7.34. The summed E-state index contributed by atoms with van der Waals surface area (Å²) in [5, 5.41) is 0. The number of nitrogens with two attached hydrogens (primary N) is 1. The average molecular weight is 321 g/mol. The summed E-state index contributed by atoms with van der Waals surface area (Å²) in [6.45, 7) is 12.0. The van der Waals surface area contributed by atoms with Crippen molar-refractivity contribution in [2.45, 2.75) is 13.8 Å². The van der Waals surface area contributed by atoms with Crippen molar-refractivity contribution in [3.8, 4) is 23.0 Å². The number of amides is 1. The molecular weight excluding hydrogens is 298 g/mol. The number of ether oxygens (including phenoxy) is 4. The zero-order valence-corrected chi connectivity index (χ0v) is 13.6. The van der Waals surface area contributed by atoms with Crippen molar-refractivity contribution in [3.63, 3.8) is 0 Å². The minimum atomic E-state index is -0.645. The number of hydrogen-bond acceptors (Lipinski definition) is 5. The van der Waals surface area contributed by atoms with Gasteiger partial charge in [-0.2, -0.15) is 0 Å². The first kappa shape index (κ1) is 18.4. The van der Waals surface area contributed by atoms with Gasteiger partial charge in [0.15, 0.2) is 11.5 Å². The molecule has 0 aromatic heterocycles. The molecule has 0 heterocycles. The van der Waals surface area contributed by atoms with Crippen LogP contribution in [0.5, 0.6) is 23.0 Å². The molecule has 0 unspecified atom stereocenters. The normalized spacial score (nSPS) is 9.83. The monoisotopic (exact) mass is 321 g/mol. The molecule has 1 amide bonds. The quantitative estimate of drug-likeness (QED) is 0.634. The van der Waals surface area contributed by atoms with Crippen LogP contribution in [0.15, 0.2) is 31.4 Å². The Morgan fingerprint density at radius 1 is 1.00 bits per heavy atom. The molecule has 0 saturated heterocycles. The summed E-state index contributed by atoms with van der Waals surface area (Å²) in [5.41, 5.74) is 5.62. The Morgan fingerprint density at radius 3 is 2.09 bits per heavy atom. The van der Waals surface area contributed by atoms with Crippen LogP contribution in [0.25, 0.3) is 0 Å². The second kappa shape index (κ2) is 9.40. The van der Waals surface area contributed by atoms with Gasteiger partial charge in [-0.15, -0.1) is 0 Å². The van der Waals surface area contributed by atoms with Crippen molar-refractivity contribution in [2.24, 2.45) is 5.73 Å². The second-order valence-corrected chi connectivity index (χ2v) is 4.34. The van der Waals surface area contributed by atoms with Gasteiger partial charge in [-0.3, -0.25) is 4.79 Å². The molecule has 0 radical (unpaired) electrons. The fourth-order valence-corrected chi connectivity index (χ4v) is 1.88. The van der Waals surface area contributed by atoms with E-state index in [0.717, 1.165) is 0 Å². The number of carbonyl (C=O) groups excluding carboxylic acids is 1. The number of primary amides is 1. The van der Waals surface area contributed by atoms with Gasteiger partial charge in [0, 0.05) is 6.07 Å². The van der Waals surface area contributed by atoms with Gasteiger partial charge in [-0.05, 0) is 13.8 Å². The molecule has 126 valence electrons. The molecule has 2 N–H and O–H groups in total. The lowest BCUT2D eigenvalue weighted by molar-refractivity contribution is 0.0994. The Labute approximate surface area is 136 Å². The van der Waals surface area contributed by atoms with Crippen LogP contribution in [0.3, 0.4) is 0 Å². The molecule has 0 fully saturated rings. The van der Waals surface area contributed by atoms with E-state index in [1.807, 2.05) is 6.92 Å². The molecule has 1 rings (SSSR count). The first-order valence-electron chi connectivity index (χ1n) is 7.34. The Bertz CT molecular complexity index is 569. The summed E-state index contributed by atoms with van der Waals surface area (Å²) in [7, 11) is 0. The van der Waals surface area contributed by atoms with E-state index in [-0.39, 0.29) is 30.3 Å². The maximum Gasteiger partial charge on any atom is 0.252 e. The zero-order chi connectivity index (χ0) is 17.2. The van der Waals surface area contributed by atoms with E-state index >= 15 is 0 Å². The Kier molecular flexibility index (Phi) is 7.53. The number of carbonyl (C=O) groups is 1. The SMILES string of the molecule is C=CCOc1cc(C(N)=O)c(OCC)c(OCC)c1OCC=C.